The number of hydrogen-bond acceptors (Lipinski definition) is 4. The number of anilines is 3. The molecule has 6 nitrogen and oxygen atoms in total. The van der Waals surface area contributed by atoms with Crippen molar-refractivity contribution in [2.24, 2.45) is 0 Å². The molecular weight excluding hydrogens is 454 g/mol. The number of nitrogens with one attached hydrogen (secondary N) is 2. The van der Waals surface area contributed by atoms with Crippen molar-refractivity contribution in [1.82, 2.24) is 4.72 Å². The Morgan fingerprint density at radius 3 is 2.00 bits per heavy atom. The summed E-state index contributed by atoms with van der Waals surface area (Å²) in [5, 5.41) is 2.92. The first-order valence-corrected chi connectivity index (χ1v) is 13.4. The minimum Gasteiger partial charge on any atom is -0.307 e. The zero-order valence-corrected chi connectivity index (χ0v) is 19.7. The highest BCUT2D eigenvalue weighted by Gasteiger charge is 2.28. The van der Waals surface area contributed by atoms with E-state index in [-0.39, 0.29) is 17.0 Å². The number of rotatable bonds is 4. The first-order chi connectivity index (χ1) is 16.0. The van der Waals surface area contributed by atoms with Crippen LogP contribution in [0.1, 0.15) is 32.1 Å². The lowest BCUT2D eigenvalue weighted by atomic mass is 9.96. The molecule has 3 aromatic rings. The van der Waals surface area contributed by atoms with Crippen molar-refractivity contribution < 1.29 is 13.2 Å². The van der Waals surface area contributed by atoms with Gasteiger partial charge in [-0.15, -0.1) is 0 Å². The number of benzene rings is 3. The third-order valence-corrected chi connectivity index (χ3v) is 8.64. The second-order valence-corrected chi connectivity index (χ2v) is 11.1. The van der Waals surface area contributed by atoms with Crippen LogP contribution in [0, 0.1) is 0 Å². The van der Waals surface area contributed by atoms with Crippen LogP contribution in [0.4, 0.5) is 21.9 Å². The molecule has 1 aliphatic carbocycles. The highest BCUT2D eigenvalue weighted by molar-refractivity contribution is 7.99. The van der Waals surface area contributed by atoms with Crippen molar-refractivity contribution in [1.29, 1.82) is 0 Å². The maximum absolute atomic E-state index is 13.3. The molecule has 1 saturated carbocycles. The second kappa shape index (κ2) is 9.21. The molecule has 170 valence electrons. The number of nitrogens with zero attached hydrogens (tertiary/aromatic N) is 1. The number of sulfonamides is 1. The molecule has 0 saturated heterocycles. The number of urea groups is 1. The van der Waals surface area contributed by atoms with Crippen LogP contribution < -0.4 is 14.9 Å². The van der Waals surface area contributed by atoms with E-state index in [0.717, 1.165) is 53.3 Å². The lowest BCUT2D eigenvalue weighted by Crippen LogP contribution is -2.36. The topological polar surface area (TPSA) is 78.5 Å². The molecule has 0 atom stereocenters. The smallest absolute Gasteiger partial charge is 0.307 e. The van der Waals surface area contributed by atoms with Gasteiger partial charge in [0.25, 0.3) is 0 Å². The first-order valence-electron chi connectivity index (χ1n) is 11.1. The van der Waals surface area contributed by atoms with Gasteiger partial charge < -0.3 is 5.32 Å². The van der Waals surface area contributed by atoms with Crippen molar-refractivity contribution in [3.05, 3.63) is 72.8 Å². The summed E-state index contributed by atoms with van der Waals surface area (Å²) in [5.74, 6) is 0. The molecule has 0 unspecified atom stereocenters. The van der Waals surface area contributed by atoms with Crippen LogP contribution in [-0.4, -0.2) is 20.5 Å². The van der Waals surface area contributed by atoms with Gasteiger partial charge >= 0.3 is 6.03 Å². The summed E-state index contributed by atoms with van der Waals surface area (Å²) in [4.78, 5) is 17.2. The molecule has 8 heteroatoms. The molecule has 3 aromatic carbocycles. The third-order valence-electron chi connectivity index (χ3n) is 5.98. The van der Waals surface area contributed by atoms with Gasteiger partial charge in [-0.2, -0.15) is 0 Å². The van der Waals surface area contributed by atoms with E-state index in [1.54, 1.807) is 28.8 Å². The summed E-state index contributed by atoms with van der Waals surface area (Å²) in [6.07, 6.45) is 5.03. The largest absolute Gasteiger partial charge is 0.331 e. The molecule has 1 heterocycles. The molecular formula is C25H25N3O3S2. The molecule has 5 rings (SSSR count). The Bertz CT molecular complexity index is 1220. The summed E-state index contributed by atoms with van der Waals surface area (Å²) >= 11 is 1.63. The summed E-state index contributed by atoms with van der Waals surface area (Å²) in [5.41, 5.74) is 2.16. The molecule has 0 bridgehead atoms. The van der Waals surface area contributed by atoms with E-state index >= 15 is 0 Å². The standard InChI is InChI=1S/C25H25N3O3S2/c29-25(28-21-10-4-6-12-23(21)32-24-13-7-5-11-22(24)28)26-18-14-16-20(17-15-18)33(30,31)27-19-8-2-1-3-9-19/h4-7,10-17,19,27H,1-3,8-9H2,(H,26,29). The van der Waals surface area contributed by atoms with Gasteiger partial charge in [0.2, 0.25) is 10.0 Å². The summed E-state index contributed by atoms with van der Waals surface area (Å²) in [6.45, 7) is 0. The monoisotopic (exact) mass is 479 g/mol. The van der Waals surface area contributed by atoms with Gasteiger partial charge in [0.05, 0.1) is 16.3 Å². The molecule has 2 amide bonds. The maximum Gasteiger partial charge on any atom is 0.331 e. The Morgan fingerprint density at radius 2 is 1.39 bits per heavy atom. The van der Waals surface area contributed by atoms with Crippen LogP contribution in [0.25, 0.3) is 0 Å². The Balaban J connectivity index is 1.35. The number of carbonyl (C=O) groups is 1. The predicted molar refractivity (Wildman–Crippen MR) is 132 cm³/mol. The number of hydrogen-bond donors (Lipinski definition) is 2. The van der Waals surface area contributed by atoms with E-state index < -0.39 is 10.0 Å². The van der Waals surface area contributed by atoms with Gasteiger partial charge in [0.15, 0.2) is 0 Å². The van der Waals surface area contributed by atoms with E-state index in [2.05, 4.69) is 10.0 Å². The van der Waals surface area contributed by atoms with Gasteiger partial charge in [0.1, 0.15) is 0 Å². The van der Waals surface area contributed by atoms with E-state index in [1.165, 1.54) is 12.1 Å². The van der Waals surface area contributed by atoms with E-state index in [9.17, 15) is 13.2 Å². The van der Waals surface area contributed by atoms with Crippen molar-refractivity contribution in [2.45, 2.75) is 52.8 Å². The minimum absolute atomic E-state index is 0.000220. The zero-order valence-electron chi connectivity index (χ0n) is 18.0. The SMILES string of the molecule is O=C(Nc1ccc(S(=O)(=O)NC2CCCCC2)cc1)N1c2ccccc2Sc2ccccc21. The molecule has 1 fully saturated rings. The van der Waals surface area contributed by atoms with Gasteiger partial charge in [-0.25, -0.2) is 17.9 Å². The Morgan fingerprint density at radius 1 is 0.818 bits per heavy atom. The fourth-order valence-electron chi connectivity index (χ4n) is 4.33. The van der Waals surface area contributed by atoms with Crippen LogP contribution in [0.3, 0.4) is 0 Å². The molecule has 0 radical (unpaired) electrons. The van der Waals surface area contributed by atoms with Gasteiger partial charge in [0, 0.05) is 21.5 Å². The van der Waals surface area contributed by atoms with Crippen molar-refractivity contribution in [3.8, 4) is 0 Å². The summed E-state index contributed by atoms with van der Waals surface area (Å²) in [6, 6.07) is 21.6. The van der Waals surface area contributed by atoms with Gasteiger partial charge in [-0.05, 0) is 61.4 Å². The van der Waals surface area contributed by atoms with Crippen LogP contribution in [-0.2, 0) is 10.0 Å². The summed E-state index contributed by atoms with van der Waals surface area (Å²) in [7, 11) is -3.58. The van der Waals surface area contributed by atoms with Crippen LogP contribution in [0.5, 0.6) is 0 Å². The number of carbonyl (C=O) groups excluding carboxylic acids is 1. The summed E-state index contributed by atoms with van der Waals surface area (Å²) < 4.78 is 28.3. The Labute approximate surface area is 198 Å². The van der Waals surface area contributed by atoms with Crippen molar-refractivity contribution in [2.75, 3.05) is 10.2 Å². The Hall–Kier alpha value is -2.81. The molecule has 2 aliphatic rings. The second-order valence-electron chi connectivity index (χ2n) is 8.28. The van der Waals surface area contributed by atoms with Crippen LogP contribution in [0.15, 0.2) is 87.5 Å². The van der Waals surface area contributed by atoms with Crippen LogP contribution >= 0.6 is 11.8 Å². The molecule has 1 aliphatic heterocycles. The fourth-order valence-corrected chi connectivity index (χ4v) is 6.69. The quantitative estimate of drug-likeness (QED) is 0.472. The highest BCUT2D eigenvalue weighted by atomic mass is 32.2. The van der Waals surface area contributed by atoms with Gasteiger partial charge in [-0.3, -0.25) is 4.90 Å². The normalized spacial score (nSPS) is 16.1. The van der Waals surface area contributed by atoms with E-state index in [0.29, 0.717) is 5.69 Å². The average molecular weight is 480 g/mol. The fraction of sp³-hybridized carbons (Fsp3) is 0.240. The minimum atomic E-state index is -3.58. The number of para-hydroxylation sites is 2. The molecule has 0 aromatic heterocycles. The average Bonchev–Trinajstić information content (AvgIpc) is 2.83. The molecule has 0 spiro atoms. The van der Waals surface area contributed by atoms with Crippen molar-refractivity contribution >= 4 is 44.9 Å². The maximum atomic E-state index is 13.3. The lowest BCUT2D eigenvalue weighted by molar-refractivity contribution is 0.259. The first kappa shape index (κ1) is 22.0. The van der Waals surface area contributed by atoms with Gasteiger partial charge in [-0.1, -0.05) is 55.3 Å². The molecule has 33 heavy (non-hydrogen) atoms. The zero-order chi connectivity index (χ0) is 22.8. The van der Waals surface area contributed by atoms with Crippen molar-refractivity contribution in [3.63, 3.8) is 0 Å². The van der Waals surface area contributed by atoms with E-state index in [1.807, 2.05) is 48.5 Å². The Kier molecular flexibility index (Phi) is 6.14. The number of amides is 2. The number of fused-ring (bicyclic) bond motifs is 2. The molecule has 2 N–H and O–H groups in total. The lowest BCUT2D eigenvalue weighted by Gasteiger charge is -2.31. The van der Waals surface area contributed by atoms with Crippen LogP contribution in [0.2, 0.25) is 0 Å². The third kappa shape index (κ3) is 4.64. The van der Waals surface area contributed by atoms with E-state index in [4.69, 9.17) is 0 Å². The highest BCUT2D eigenvalue weighted by Crippen LogP contribution is 2.48. The predicted octanol–water partition coefficient (Wildman–Crippen LogP) is 6.13.